The number of fused-ring (bicyclic) bond motifs is 4. The van der Waals surface area contributed by atoms with Gasteiger partial charge in [0.1, 0.15) is 11.3 Å². The average molecular weight is 668 g/mol. The summed E-state index contributed by atoms with van der Waals surface area (Å²) in [7, 11) is 0. The van der Waals surface area contributed by atoms with E-state index in [1.165, 1.54) is 5.56 Å². The molecule has 49 heavy (non-hydrogen) atoms. The van der Waals surface area contributed by atoms with Crippen molar-refractivity contribution < 1.29 is 18.7 Å². The molecule has 3 aliphatic heterocycles. The van der Waals surface area contributed by atoms with Gasteiger partial charge in [0.25, 0.3) is 11.8 Å². The largest absolute Gasteiger partial charge is 0.435 e. The number of nitrogens with one attached hydrogen (secondary N) is 1. The van der Waals surface area contributed by atoms with Gasteiger partial charge in [-0.05, 0) is 85.5 Å². The molecule has 2 amide bonds. The first-order valence-corrected chi connectivity index (χ1v) is 17.4. The fourth-order valence-corrected chi connectivity index (χ4v) is 8.47. The molecule has 3 aromatic carbocycles. The topological polar surface area (TPSA) is 101 Å². The quantitative estimate of drug-likeness (QED) is 0.201. The Balaban J connectivity index is 0.920. The van der Waals surface area contributed by atoms with Crippen molar-refractivity contribution in [2.75, 3.05) is 48.0 Å². The van der Waals surface area contributed by atoms with Gasteiger partial charge in [0.2, 0.25) is 5.89 Å². The molecule has 0 atom stereocenters. The lowest BCUT2D eigenvalue weighted by molar-refractivity contribution is -0.000509. The molecule has 2 saturated heterocycles. The zero-order valence-corrected chi connectivity index (χ0v) is 27.5. The second kappa shape index (κ2) is 12.0. The lowest BCUT2D eigenvalue weighted by Gasteiger charge is -2.53. The summed E-state index contributed by atoms with van der Waals surface area (Å²) >= 11 is 1.64. The molecule has 3 aromatic heterocycles. The molecule has 3 aliphatic rings. The van der Waals surface area contributed by atoms with Crippen LogP contribution in [0, 0.1) is 5.41 Å². The van der Waals surface area contributed by atoms with E-state index >= 15 is 0 Å². The number of pyridine rings is 1. The van der Waals surface area contributed by atoms with E-state index in [0.717, 1.165) is 71.2 Å². The molecule has 6 aromatic rings. The van der Waals surface area contributed by atoms with Gasteiger partial charge in [-0.25, -0.2) is 9.97 Å². The van der Waals surface area contributed by atoms with Crippen LogP contribution in [0.3, 0.4) is 0 Å². The Bertz CT molecular complexity index is 2180. The van der Waals surface area contributed by atoms with Crippen LogP contribution in [0.15, 0.2) is 102 Å². The number of amides is 2. The number of anilines is 3. The van der Waals surface area contributed by atoms with Gasteiger partial charge >= 0.3 is 0 Å². The summed E-state index contributed by atoms with van der Waals surface area (Å²) in [5, 5.41) is 3.02. The fraction of sp³-hybridized carbons (Fsp3) is 0.231. The highest BCUT2D eigenvalue weighted by atomic mass is 32.1. The maximum absolute atomic E-state index is 14.0. The van der Waals surface area contributed by atoms with E-state index in [9.17, 15) is 9.59 Å². The second-order valence-corrected chi connectivity index (χ2v) is 14.1. The maximum Gasteiger partial charge on any atom is 0.259 e. The van der Waals surface area contributed by atoms with Crippen molar-refractivity contribution >= 4 is 51.4 Å². The number of thiophene rings is 1. The van der Waals surface area contributed by atoms with Gasteiger partial charge in [0, 0.05) is 66.2 Å². The van der Waals surface area contributed by atoms with Crippen LogP contribution in [0.4, 0.5) is 17.2 Å². The summed E-state index contributed by atoms with van der Waals surface area (Å²) in [5.74, 6) is 1.01. The van der Waals surface area contributed by atoms with E-state index in [1.807, 2.05) is 53.4 Å². The van der Waals surface area contributed by atoms with Crippen LogP contribution in [0.2, 0.25) is 0 Å². The van der Waals surface area contributed by atoms with E-state index in [0.29, 0.717) is 41.5 Å². The number of carbonyl (C=O) groups is 2. The standard InChI is InChI=1S/C39H33N5O4S/c45-36(29-7-5-18-40-35(29)43-23-39(24-43)16-20-47-21-17-39)41-27-13-11-25(12-14-27)38(46)44-19-15-26-22-33(37-42-30-8-2-4-10-32(30)48-37)49-34(26)28-6-1-3-9-31(28)44/h1-14,18,22H,15-17,19-21,23-24H2,(H,41,45). The summed E-state index contributed by atoms with van der Waals surface area (Å²) in [4.78, 5) is 42.9. The normalized spacial score (nSPS) is 16.5. The summed E-state index contributed by atoms with van der Waals surface area (Å²) in [5.41, 5.74) is 6.62. The van der Waals surface area contributed by atoms with Crippen molar-refractivity contribution in [3.63, 3.8) is 0 Å². The van der Waals surface area contributed by atoms with Crippen LogP contribution >= 0.6 is 11.3 Å². The summed E-state index contributed by atoms with van der Waals surface area (Å²) in [6.07, 6.45) is 4.52. The van der Waals surface area contributed by atoms with Crippen LogP contribution in [0.1, 0.15) is 39.1 Å². The number of benzene rings is 3. The Morgan fingerprint density at radius 2 is 1.69 bits per heavy atom. The van der Waals surface area contributed by atoms with E-state index < -0.39 is 0 Å². The lowest BCUT2D eigenvalue weighted by Crippen LogP contribution is -2.59. The van der Waals surface area contributed by atoms with Gasteiger partial charge < -0.3 is 24.3 Å². The molecular formula is C39H33N5O4S. The summed E-state index contributed by atoms with van der Waals surface area (Å²) in [6, 6.07) is 28.7. The SMILES string of the molecule is O=C(Nc1ccc(C(=O)N2CCc3cc(-c4nc5ccccc5o4)sc3-c3ccccc32)cc1)c1cccnc1N1CC2(CCOCC2)C1. The molecular weight excluding hydrogens is 635 g/mol. The minimum atomic E-state index is -0.222. The van der Waals surface area contributed by atoms with E-state index in [-0.39, 0.29) is 17.2 Å². The van der Waals surface area contributed by atoms with Crippen molar-refractivity contribution in [2.24, 2.45) is 5.41 Å². The first-order chi connectivity index (χ1) is 24.0. The summed E-state index contributed by atoms with van der Waals surface area (Å²) in [6.45, 7) is 3.89. The number of carbonyl (C=O) groups excluding carboxylic acids is 2. The number of rotatable bonds is 5. The number of nitrogens with zero attached hydrogens (tertiary/aromatic N) is 4. The van der Waals surface area contributed by atoms with Crippen LogP contribution < -0.4 is 15.1 Å². The average Bonchev–Trinajstić information content (AvgIpc) is 3.73. The Labute approximate surface area is 287 Å². The van der Waals surface area contributed by atoms with Gasteiger partial charge in [-0.1, -0.05) is 30.3 Å². The predicted molar refractivity (Wildman–Crippen MR) is 191 cm³/mol. The zero-order valence-electron chi connectivity index (χ0n) is 26.7. The molecule has 0 unspecified atom stereocenters. The minimum Gasteiger partial charge on any atom is -0.435 e. The molecule has 9 nitrogen and oxygen atoms in total. The minimum absolute atomic E-state index is 0.0889. The van der Waals surface area contributed by atoms with Crippen LogP contribution in [0.5, 0.6) is 0 Å². The molecule has 9 rings (SSSR count). The Hall–Kier alpha value is -5.32. The smallest absolute Gasteiger partial charge is 0.259 e. The van der Waals surface area contributed by atoms with Gasteiger partial charge in [0.15, 0.2) is 5.58 Å². The van der Waals surface area contributed by atoms with E-state index in [1.54, 1.807) is 47.9 Å². The molecule has 0 saturated carbocycles. The molecule has 0 radical (unpaired) electrons. The number of hydrogen-bond donors (Lipinski definition) is 1. The van der Waals surface area contributed by atoms with Crippen molar-refractivity contribution in [3.8, 4) is 21.2 Å². The third kappa shape index (κ3) is 5.37. The fourth-order valence-electron chi connectivity index (χ4n) is 7.30. The Morgan fingerprint density at radius 1 is 0.898 bits per heavy atom. The molecule has 1 N–H and O–H groups in total. The maximum atomic E-state index is 14.0. The highest BCUT2D eigenvalue weighted by Crippen LogP contribution is 2.45. The number of hydrogen-bond acceptors (Lipinski definition) is 8. The molecule has 0 bridgehead atoms. The molecule has 10 heteroatoms. The third-order valence-corrected chi connectivity index (χ3v) is 11.1. The van der Waals surface area contributed by atoms with Crippen LogP contribution in [-0.4, -0.2) is 54.6 Å². The van der Waals surface area contributed by atoms with Gasteiger partial charge in [-0.15, -0.1) is 11.3 Å². The van der Waals surface area contributed by atoms with Crippen LogP contribution in [0.25, 0.3) is 32.3 Å². The first-order valence-electron chi connectivity index (χ1n) is 16.6. The second-order valence-electron chi connectivity index (χ2n) is 13.1. The number of oxazole rings is 1. The van der Waals surface area contributed by atoms with Crippen molar-refractivity contribution in [1.29, 1.82) is 0 Å². The number of ether oxygens (including phenoxy) is 1. The van der Waals surface area contributed by atoms with Gasteiger partial charge in [-0.3, -0.25) is 9.59 Å². The molecule has 1 spiro atoms. The molecule has 2 fully saturated rings. The Kier molecular flexibility index (Phi) is 7.28. The monoisotopic (exact) mass is 667 g/mol. The van der Waals surface area contributed by atoms with Crippen molar-refractivity contribution in [3.05, 3.63) is 114 Å². The summed E-state index contributed by atoms with van der Waals surface area (Å²) < 4.78 is 11.6. The van der Waals surface area contributed by atoms with Gasteiger partial charge in [-0.2, -0.15) is 0 Å². The molecule has 6 heterocycles. The number of aromatic nitrogens is 2. The first kappa shape index (κ1) is 29.8. The third-order valence-electron chi connectivity index (χ3n) is 9.93. The number of para-hydroxylation sites is 3. The highest BCUT2D eigenvalue weighted by Gasteiger charge is 2.45. The highest BCUT2D eigenvalue weighted by molar-refractivity contribution is 7.19. The van der Waals surface area contributed by atoms with E-state index in [4.69, 9.17) is 14.1 Å². The van der Waals surface area contributed by atoms with E-state index in [2.05, 4.69) is 27.3 Å². The Morgan fingerprint density at radius 3 is 2.53 bits per heavy atom. The van der Waals surface area contributed by atoms with Gasteiger partial charge in [0.05, 0.1) is 16.1 Å². The predicted octanol–water partition coefficient (Wildman–Crippen LogP) is 7.69. The lowest BCUT2D eigenvalue weighted by atomic mass is 9.73. The molecule has 0 aliphatic carbocycles. The van der Waals surface area contributed by atoms with Crippen molar-refractivity contribution in [2.45, 2.75) is 19.3 Å². The molecule has 244 valence electrons. The zero-order chi connectivity index (χ0) is 33.0. The van der Waals surface area contributed by atoms with Crippen molar-refractivity contribution in [1.82, 2.24) is 9.97 Å². The van der Waals surface area contributed by atoms with Crippen LogP contribution in [-0.2, 0) is 11.2 Å².